The third-order valence-corrected chi connectivity index (χ3v) is 7.90. The summed E-state index contributed by atoms with van der Waals surface area (Å²) in [5.74, 6) is 4.41. The monoisotopic (exact) mass is 559 g/mol. The third kappa shape index (κ3) is 4.83. The highest BCUT2D eigenvalue weighted by atomic mass is 35.5. The highest BCUT2D eigenvalue weighted by molar-refractivity contribution is 6.32. The molecule has 0 radical (unpaired) electrons. The number of nitrogens with zero attached hydrogens (tertiary/aromatic N) is 5. The van der Waals surface area contributed by atoms with Gasteiger partial charge in [-0.1, -0.05) is 29.7 Å². The second kappa shape index (κ2) is 9.64. The average Bonchev–Trinajstić information content (AvgIpc) is 3.56. The summed E-state index contributed by atoms with van der Waals surface area (Å²) < 4.78 is 42.7. The molecule has 9 nitrogen and oxygen atoms in total. The van der Waals surface area contributed by atoms with Crippen LogP contribution in [0.25, 0.3) is 11.3 Å². The van der Waals surface area contributed by atoms with Crippen molar-refractivity contribution in [1.29, 1.82) is 0 Å². The Morgan fingerprint density at radius 1 is 1.28 bits per heavy atom. The van der Waals surface area contributed by atoms with Crippen LogP contribution in [0.3, 0.4) is 0 Å². The molecule has 4 N–H and O–H groups in total. The number of likely N-dealkylation sites (tertiary alicyclic amines) is 1. The van der Waals surface area contributed by atoms with Gasteiger partial charge in [0.25, 0.3) is 11.8 Å². The fourth-order valence-corrected chi connectivity index (χ4v) is 5.87. The molecule has 0 atom stereocenters. The highest BCUT2D eigenvalue weighted by Crippen LogP contribution is 2.54. The van der Waals surface area contributed by atoms with Crippen molar-refractivity contribution in [1.82, 2.24) is 24.5 Å². The van der Waals surface area contributed by atoms with Gasteiger partial charge in [-0.15, -0.1) is 0 Å². The van der Waals surface area contributed by atoms with E-state index in [4.69, 9.17) is 23.1 Å². The average molecular weight is 560 g/mol. The molecule has 204 valence electrons. The molecule has 2 aromatic heterocycles. The number of hydrogen-bond acceptors (Lipinski definition) is 5. The van der Waals surface area contributed by atoms with Gasteiger partial charge >= 0.3 is 6.18 Å². The summed E-state index contributed by atoms with van der Waals surface area (Å²) in [5.41, 5.74) is 12.0. The number of primary amides is 1. The number of anilines is 1. The Hall–Kier alpha value is -3.98. The minimum absolute atomic E-state index is 0.0341. The number of hydrogen-bond donors (Lipinski definition) is 2. The minimum Gasteiger partial charge on any atom is -0.383 e. The Labute approximate surface area is 226 Å². The Bertz CT molecular complexity index is 1530. The lowest BCUT2D eigenvalue weighted by atomic mass is 9.65. The Morgan fingerprint density at radius 3 is 2.69 bits per heavy atom. The molecule has 1 aliphatic carbocycles. The molecule has 13 heteroatoms. The maximum Gasteiger partial charge on any atom is 0.417 e. The van der Waals surface area contributed by atoms with Crippen molar-refractivity contribution < 1.29 is 22.8 Å². The first kappa shape index (κ1) is 26.6. The first-order valence-electron chi connectivity index (χ1n) is 12.2. The van der Waals surface area contributed by atoms with Gasteiger partial charge in [0.05, 0.1) is 29.4 Å². The van der Waals surface area contributed by atoms with Crippen LogP contribution in [0.5, 0.6) is 0 Å². The van der Waals surface area contributed by atoms with E-state index in [0.29, 0.717) is 18.7 Å². The molecule has 39 heavy (non-hydrogen) atoms. The van der Waals surface area contributed by atoms with Gasteiger partial charge in [-0.2, -0.15) is 23.4 Å². The minimum atomic E-state index is -4.58. The molecule has 3 aromatic rings. The van der Waals surface area contributed by atoms with Gasteiger partial charge in [0.15, 0.2) is 0 Å². The van der Waals surface area contributed by atoms with Gasteiger partial charge in [0.2, 0.25) is 0 Å². The fraction of sp³-hybridized carbons (Fsp3) is 0.385. The molecule has 2 amide bonds. The van der Waals surface area contributed by atoms with E-state index in [-0.39, 0.29) is 46.5 Å². The Balaban J connectivity index is 1.37. The van der Waals surface area contributed by atoms with E-state index in [1.54, 1.807) is 22.7 Å². The molecule has 1 aromatic carbocycles. The van der Waals surface area contributed by atoms with E-state index < -0.39 is 22.7 Å². The quantitative estimate of drug-likeness (QED) is 0.461. The first-order valence-corrected chi connectivity index (χ1v) is 12.6. The van der Waals surface area contributed by atoms with Crippen LogP contribution < -0.4 is 11.5 Å². The van der Waals surface area contributed by atoms with Crippen molar-refractivity contribution in [3.8, 4) is 23.1 Å². The van der Waals surface area contributed by atoms with Crippen LogP contribution >= 0.6 is 11.6 Å². The summed E-state index contributed by atoms with van der Waals surface area (Å²) in [6, 6.07) is 3.60. The third-order valence-electron chi connectivity index (χ3n) is 7.46. The molecule has 1 saturated carbocycles. The Kier molecular flexibility index (Phi) is 6.58. The molecular formula is C26H25ClF3N7O2. The number of amides is 2. The number of nitrogens with two attached hydrogens (primary N) is 2. The van der Waals surface area contributed by atoms with E-state index in [1.165, 1.54) is 23.0 Å². The maximum atomic E-state index is 13.2. The largest absolute Gasteiger partial charge is 0.417 e. The summed E-state index contributed by atoms with van der Waals surface area (Å²) in [4.78, 5) is 26.2. The van der Waals surface area contributed by atoms with Gasteiger partial charge in [-0.25, -0.2) is 4.68 Å². The molecule has 1 saturated heterocycles. The summed E-state index contributed by atoms with van der Waals surface area (Å²) in [6.45, 7) is 2.84. The van der Waals surface area contributed by atoms with Gasteiger partial charge in [0, 0.05) is 24.8 Å². The second-order valence-corrected chi connectivity index (χ2v) is 10.4. The SMILES string of the molecule is CC#CC(=O)N1CC[C@]2(C1)C[C@H](n1nc(-c3cnn(Cc4cccc(C(F)(F)F)c4Cl)c3)c(C(N)=O)c1N)C2. The van der Waals surface area contributed by atoms with E-state index in [1.807, 2.05) is 0 Å². The second-order valence-electron chi connectivity index (χ2n) is 10.0. The van der Waals surface area contributed by atoms with Crippen LogP contribution in [-0.4, -0.2) is 49.4 Å². The molecule has 0 bridgehead atoms. The Morgan fingerprint density at radius 2 is 2.03 bits per heavy atom. The summed E-state index contributed by atoms with van der Waals surface area (Å²) in [5, 5.41) is 8.43. The molecule has 5 rings (SSSR count). The van der Waals surface area contributed by atoms with Crippen molar-refractivity contribution >= 4 is 29.2 Å². The number of alkyl halides is 3. The number of rotatable bonds is 5. The smallest absolute Gasteiger partial charge is 0.383 e. The standard InChI is InChI=1S/C26H25ClF3N7O2/c1-2-4-19(38)35-8-7-25(14-35)9-17(10-25)37-23(31)20(24(32)39)22(34-37)16-11-33-36(13-16)12-15-5-3-6-18(21(15)27)26(28,29)30/h3,5-6,11,13,17H,7-10,12,14,31H2,1H3,(H2,32,39)/t17-,25-. The van der Waals surface area contributed by atoms with Gasteiger partial charge in [-0.3, -0.25) is 14.3 Å². The number of carbonyl (C=O) groups is 2. The van der Waals surface area contributed by atoms with Gasteiger partial charge < -0.3 is 16.4 Å². The van der Waals surface area contributed by atoms with Crippen molar-refractivity contribution in [3.63, 3.8) is 0 Å². The normalized spacial score (nSPS) is 20.5. The van der Waals surface area contributed by atoms with E-state index in [9.17, 15) is 22.8 Å². The number of carbonyl (C=O) groups excluding carboxylic acids is 2. The number of nitrogen functional groups attached to an aromatic ring is 1. The number of halogens is 4. The number of aromatic nitrogens is 4. The van der Waals surface area contributed by atoms with Crippen molar-refractivity contribution in [2.45, 2.75) is 44.9 Å². The van der Waals surface area contributed by atoms with Gasteiger partial charge in [-0.05, 0) is 49.2 Å². The first-order chi connectivity index (χ1) is 18.4. The van der Waals surface area contributed by atoms with Crippen LogP contribution in [0.4, 0.5) is 19.0 Å². The molecule has 2 fully saturated rings. The lowest BCUT2D eigenvalue weighted by Gasteiger charge is -2.45. The zero-order chi connectivity index (χ0) is 28.1. The van der Waals surface area contributed by atoms with Crippen molar-refractivity contribution in [3.05, 3.63) is 52.3 Å². The van der Waals surface area contributed by atoms with Crippen LogP contribution in [-0.2, 0) is 17.5 Å². The highest BCUT2D eigenvalue weighted by Gasteiger charge is 2.51. The van der Waals surface area contributed by atoms with Gasteiger partial charge in [0.1, 0.15) is 17.1 Å². The predicted octanol–water partition coefficient (Wildman–Crippen LogP) is 3.73. The topological polar surface area (TPSA) is 125 Å². The molecule has 2 aliphatic rings. The van der Waals surface area contributed by atoms with E-state index in [2.05, 4.69) is 22.0 Å². The zero-order valence-corrected chi connectivity index (χ0v) is 21.7. The molecule has 1 spiro atoms. The van der Waals surface area contributed by atoms with Crippen LogP contribution in [0, 0.1) is 17.3 Å². The fourth-order valence-electron chi connectivity index (χ4n) is 5.58. The van der Waals surface area contributed by atoms with E-state index >= 15 is 0 Å². The summed E-state index contributed by atoms with van der Waals surface area (Å²) in [6.07, 6.45) is 0.714. The molecular weight excluding hydrogens is 535 g/mol. The van der Waals surface area contributed by atoms with Crippen molar-refractivity contribution in [2.75, 3.05) is 18.8 Å². The summed E-state index contributed by atoms with van der Waals surface area (Å²) >= 11 is 6.03. The zero-order valence-electron chi connectivity index (χ0n) is 20.9. The van der Waals surface area contributed by atoms with Crippen LogP contribution in [0.2, 0.25) is 5.02 Å². The van der Waals surface area contributed by atoms with Crippen molar-refractivity contribution in [2.24, 2.45) is 11.1 Å². The summed E-state index contributed by atoms with van der Waals surface area (Å²) in [7, 11) is 0. The molecule has 0 unspecified atom stereocenters. The maximum absolute atomic E-state index is 13.2. The van der Waals surface area contributed by atoms with E-state index in [0.717, 1.165) is 25.3 Å². The van der Waals surface area contributed by atoms with Crippen LogP contribution in [0.15, 0.2) is 30.6 Å². The lowest BCUT2D eigenvalue weighted by Crippen LogP contribution is -2.42. The van der Waals surface area contributed by atoms with Crippen LogP contribution in [0.1, 0.15) is 53.7 Å². The lowest BCUT2D eigenvalue weighted by molar-refractivity contribution is -0.137. The predicted molar refractivity (Wildman–Crippen MR) is 137 cm³/mol. The molecule has 3 heterocycles. The molecule has 1 aliphatic heterocycles. The number of benzene rings is 1.